The quantitative estimate of drug-likeness (QED) is 0.471. The second-order valence-electron chi connectivity index (χ2n) is 2.88. The largest absolute Gasteiger partial charge is 0.295 e. The van der Waals surface area contributed by atoms with Gasteiger partial charge in [0.25, 0.3) is 0 Å². The smallest absolute Gasteiger partial charge is 0.189 e. The summed E-state index contributed by atoms with van der Waals surface area (Å²) < 4.78 is 0. The molecule has 0 aromatic carbocycles. The van der Waals surface area contributed by atoms with Crippen molar-refractivity contribution in [1.29, 1.82) is 0 Å². The Kier molecular flexibility index (Phi) is 1.32. The number of hydrogen-bond acceptors (Lipinski definition) is 5. The van der Waals surface area contributed by atoms with Crippen molar-refractivity contribution >= 4 is 12.1 Å². The van der Waals surface area contributed by atoms with Gasteiger partial charge in [-0.1, -0.05) is 0 Å². The van der Waals surface area contributed by atoms with Crippen LogP contribution in [0.1, 0.15) is 13.3 Å². The van der Waals surface area contributed by atoms with E-state index in [1.807, 2.05) is 6.92 Å². The Hall–Kier alpha value is -1.10. The van der Waals surface area contributed by atoms with E-state index in [4.69, 9.17) is 0 Å². The summed E-state index contributed by atoms with van der Waals surface area (Å²) in [7, 11) is 0. The Morgan fingerprint density at radius 1 is 1.82 bits per heavy atom. The SMILES string of the molecule is CC1CC(=O)C2NN=CN2N1. The fourth-order valence-corrected chi connectivity index (χ4v) is 1.34. The number of hydrazine groups is 1. The van der Waals surface area contributed by atoms with Crippen molar-refractivity contribution in [2.45, 2.75) is 25.6 Å². The second kappa shape index (κ2) is 2.20. The summed E-state index contributed by atoms with van der Waals surface area (Å²) in [5.41, 5.74) is 5.82. The number of hydrazone groups is 1. The molecule has 0 radical (unpaired) electrons. The molecule has 0 aliphatic carbocycles. The first-order chi connectivity index (χ1) is 5.27. The van der Waals surface area contributed by atoms with E-state index in [0.717, 1.165) is 0 Å². The van der Waals surface area contributed by atoms with Gasteiger partial charge in [-0.05, 0) is 6.92 Å². The van der Waals surface area contributed by atoms with Gasteiger partial charge in [0.15, 0.2) is 11.9 Å². The second-order valence-corrected chi connectivity index (χ2v) is 2.88. The molecule has 2 rings (SSSR count). The van der Waals surface area contributed by atoms with Gasteiger partial charge < -0.3 is 0 Å². The van der Waals surface area contributed by atoms with Crippen molar-refractivity contribution < 1.29 is 4.79 Å². The molecule has 2 unspecified atom stereocenters. The van der Waals surface area contributed by atoms with E-state index in [1.54, 1.807) is 11.3 Å². The lowest BCUT2D eigenvalue weighted by molar-refractivity contribution is -0.128. The summed E-state index contributed by atoms with van der Waals surface area (Å²) in [4.78, 5) is 11.3. The number of ketones is 1. The maximum Gasteiger partial charge on any atom is 0.189 e. The molecule has 0 saturated carbocycles. The molecule has 60 valence electrons. The van der Waals surface area contributed by atoms with Crippen molar-refractivity contribution in [2.75, 3.05) is 0 Å². The van der Waals surface area contributed by atoms with E-state index in [1.165, 1.54) is 0 Å². The fourth-order valence-electron chi connectivity index (χ4n) is 1.34. The summed E-state index contributed by atoms with van der Waals surface area (Å²) in [5.74, 6) is 0.189. The van der Waals surface area contributed by atoms with E-state index in [0.29, 0.717) is 6.42 Å². The number of carbonyl (C=O) groups excluding carboxylic acids is 1. The lowest BCUT2D eigenvalue weighted by atomic mass is 10.1. The number of hydrogen-bond donors (Lipinski definition) is 2. The predicted octanol–water partition coefficient (Wildman–Crippen LogP) is -0.973. The van der Waals surface area contributed by atoms with Gasteiger partial charge in [-0.15, -0.1) is 0 Å². The molecule has 11 heavy (non-hydrogen) atoms. The number of nitrogens with one attached hydrogen (secondary N) is 2. The molecule has 2 aliphatic rings. The van der Waals surface area contributed by atoms with Gasteiger partial charge >= 0.3 is 0 Å². The molecule has 2 aliphatic heterocycles. The summed E-state index contributed by atoms with van der Waals surface area (Å²) in [6, 6.07) is 0.213. The Labute approximate surface area is 64.4 Å². The first kappa shape index (κ1) is 6.60. The minimum absolute atomic E-state index is 0.189. The maximum absolute atomic E-state index is 11.3. The van der Waals surface area contributed by atoms with E-state index in [9.17, 15) is 4.79 Å². The molecule has 0 aromatic heterocycles. The van der Waals surface area contributed by atoms with Crippen LogP contribution in [0.4, 0.5) is 0 Å². The van der Waals surface area contributed by atoms with Crippen LogP contribution in [0.3, 0.4) is 0 Å². The third-order valence-corrected chi connectivity index (χ3v) is 1.84. The minimum Gasteiger partial charge on any atom is -0.295 e. The topological polar surface area (TPSA) is 56.7 Å². The standard InChI is InChI=1S/C6H10N4O/c1-4-2-5(11)6-8-7-3-10(6)9-4/h3-4,6,8-9H,2H2,1H3. The molecular weight excluding hydrogens is 144 g/mol. The number of Topliss-reactive ketones (excluding diaryl/α,β-unsaturated/α-hetero) is 1. The summed E-state index contributed by atoms with van der Waals surface area (Å²) >= 11 is 0. The highest BCUT2D eigenvalue weighted by Gasteiger charge is 2.33. The minimum atomic E-state index is -0.272. The zero-order valence-corrected chi connectivity index (χ0v) is 6.24. The molecule has 0 amide bonds. The van der Waals surface area contributed by atoms with Crippen LogP contribution in [-0.4, -0.2) is 29.3 Å². The molecule has 1 fully saturated rings. The summed E-state index contributed by atoms with van der Waals surface area (Å²) in [6.45, 7) is 1.97. The van der Waals surface area contributed by atoms with Crippen LogP contribution >= 0.6 is 0 Å². The Balaban J connectivity index is 2.14. The van der Waals surface area contributed by atoms with E-state index < -0.39 is 0 Å². The average molecular weight is 154 g/mol. The Morgan fingerprint density at radius 2 is 2.64 bits per heavy atom. The fraction of sp³-hybridized carbons (Fsp3) is 0.667. The normalized spacial score (nSPS) is 35.4. The van der Waals surface area contributed by atoms with E-state index in [2.05, 4.69) is 16.0 Å². The van der Waals surface area contributed by atoms with E-state index >= 15 is 0 Å². The highest BCUT2D eigenvalue weighted by atomic mass is 16.1. The van der Waals surface area contributed by atoms with Gasteiger partial charge in [0.1, 0.15) is 6.34 Å². The third kappa shape index (κ3) is 0.970. The summed E-state index contributed by atoms with van der Waals surface area (Å²) in [6.07, 6.45) is 1.89. The first-order valence-corrected chi connectivity index (χ1v) is 3.63. The number of fused-ring (bicyclic) bond motifs is 1. The first-order valence-electron chi connectivity index (χ1n) is 3.63. The highest BCUT2D eigenvalue weighted by molar-refractivity contribution is 5.87. The molecule has 2 heterocycles. The van der Waals surface area contributed by atoms with Gasteiger partial charge in [-0.3, -0.25) is 15.2 Å². The van der Waals surface area contributed by atoms with Gasteiger partial charge in [0, 0.05) is 12.5 Å². The molecule has 0 spiro atoms. The zero-order valence-electron chi connectivity index (χ0n) is 6.24. The van der Waals surface area contributed by atoms with Crippen molar-refractivity contribution in [3.63, 3.8) is 0 Å². The van der Waals surface area contributed by atoms with Crippen LogP contribution in [0.2, 0.25) is 0 Å². The van der Waals surface area contributed by atoms with Crippen LogP contribution in [0.15, 0.2) is 5.10 Å². The van der Waals surface area contributed by atoms with Crippen molar-refractivity contribution in [3.05, 3.63) is 0 Å². The molecule has 5 heteroatoms. The van der Waals surface area contributed by atoms with Gasteiger partial charge in [0.2, 0.25) is 0 Å². The lowest BCUT2D eigenvalue weighted by Crippen LogP contribution is -2.58. The average Bonchev–Trinajstić information content (AvgIpc) is 2.34. The molecule has 0 bridgehead atoms. The van der Waals surface area contributed by atoms with Crippen LogP contribution < -0.4 is 10.9 Å². The Bertz CT molecular complexity index is 215. The van der Waals surface area contributed by atoms with Crippen LogP contribution in [-0.2, 0) is 4.79 Å². The van der Waals surface area contributed by atoms with Gasteiger partial charge in [-0.25, -0.2) is 5.43 Å². The maximum atomic E-state index is 11.3. The molecule has 5 nitrogen and oxygen atoms in total. The lowest BCUT2D eigenvalue weighted by Gasteiger charge is -2.31. The molecule has 0 aromatic rings. The van der Waals surface area contributed by atoms with Crippen molar-refractivity contribution in [1.82, 2.24) is 15.9 Å². The molecule has 2 N–H and O–H groups in total. The highest BCUT2D eigenvalue weighted by Crippen LogP contribution is 2.09. The van der Waals surface area contributed by atoms with Gasteiger partial charge in [-0.2, -0.15) is 5.10 Å². The van der Waals surface area contributed by atoms with Gasteiger partial charge in [0.05, 0.1) is 0 Å². The zero-order chi connectivity index (χ0) is 7.84. The number of rotatable bonds is 0. The van der Waals surface area contributed by atoms with Crippen molar-refractivity contribution in [3.8, 4) is 0 Å². The predicted molar refractivity (Wildman–Crippen MR) is 39.5 cm³/mol. The molecular formula is C6H10N4O. The van der Waals surface area contributed by atoms with Crippen molar-refractivity contribution in [2.24, 2.45) is 5.10 Å². The molecule has 1 saturated heterocycles. The van der Waals surface area contributed by atoms with Crippen LogP contribution in [0.5, 0.6) is 0 Å². The van der Waals surface area contributed by atoms with E-state index in [-0.39, 0.29) is 18.0 Å². The number of carbonyl (C=O) groups is 1. The monoisotopic (exact) mass is 154 g/mol. The summed E-state index contributed by atoms with van der Waals surface area (Å²) in [5, 5.41) is 5.49. The Morgan fingerprint density at radius 3 is 3.45 bits per heavy atom. The van der Waals surface area contributed by atoms with Crippen LogP contribution in [0, 0.1) is 0 Å². The molecule has 2 atom stereocenters. The number of nitrogens with zero attached hydrogens (tertiary/aromatic N) is 2. The third-order valence-electron chi connectivity index (χ3n) is 1.84. The van der Waals surface area contributed by atoms with Crippen LogP contribution in [0.25, 0.3) is 0 Å².